The lowest BCUT2D eigenvalue weighted by molar-refractivity contribution is -0.125. The van der Waals surface area contributed by atoms with Crippen molar-refractivity contribution in [2.75, 3.05) is 39.4 Å². The monoisotopic (exact) mass is 799 g/mol. The van der Waals surface area contributed by atoms with Gasteiger partial charge in [0.05, 0.1) is 19.0 Å². The SMILES string of the molecule is C=C=C(CCCCCCCN(CCCCCCC/C(=C\C)OCCC(CCCC)CCCC)CCCNC(=O)C1(C)CC1)OCCC(CCCCC)CCCCC. The molecule has 0 aromatic heterocycles. The van der Waals surface area contributed by atoms with Crippen molar-refractivity contribution >= 4 is 5.91 Å². The number of carbonyl (C=O) groups excluding carboxylic acids is 1. The van der Waals surface area contributed by atoms with Crippen molar-refractivity contribution in [2.45, 2.75) is 241 Å². The molecule has 334 valence electrons. The number of allylic oxidation sites excluding steroid dienone is 3. The first-order valence-corrected chi connectivity index (χ1v) is 25.2. The Labute approximate surface area is 356 Å². The van der Waals surface area contributed by atoms with Crippen LogP contribution in [0.1, 0.15) is 241 Å². The van der Waals surface area contributed by atoms with E-state index in [1.807, 2.05) is 0 Å². The Morgan fingerprint density at radius 3 is 1.61 bits per heavy atom. The summed E-state index contributed by atoms with van der Waals surface area (Å²) in [4.78, 5) is 15.1. The third-order valence-electron chi connectivity index (χ3n) is 12.8. The number of unbranched alkanes of at least 4 members (excludes halogenated alkanes) is 14. The molecular formula is C52H98N2O3. The lowest BCUT2D eigenvalue weighted by atomic mass is 9.92. The third-order valence-corrected chi connectivity index (χ3v) is 12.8. The second kappa shape index (κ2) is 37.3. The lowest BCUT2D eigenvalue weighted by Gasteiger charge is -2.23. The minimum absolute atomic E-state index is 0.0791. The van der Waals surface area contributed by atoms with Gasteiger partial charge in [0.25, 0.3) is 0 Å². The van der Waals surface area contributed by atoms with E-state index >= 15 is 0 Å². The highest BCUT2D eigenvalue weighted by molar-refractivity contribution is 5.84. The first-order valence-electron chi connectivity index (χ1n) is 25.2. The number of rotatable bonds is 43. The Morgan fingerprint density at radius 2 is 1.11 bits per heavy atom. The zero-order chi connectivity index (χ0) is 41.7. The molecular weight excluding hydrogens is 701 g/mol. The van der Waals surface area contributed by atoms with Crippen LogP contribution < -0.4 is 5.32 Å². The van der Waals surface area contributed by atoms with Crippen molar-refractivity contribution in [1.29, 1.82) is 0 Å². The zero-order valence-corrected chi connectivity index (χ0v) is 39.3. The van der Waals surface area contributed by atoms with Crippen molar-refractivity contribution in [2.24, 2.45) is 17.3 Å². The van der Waals surface area contributed by atoms with Gasteiger partial charge in [-0.2, -0.15) is 0 Å². The highest BCUT2D eigenvalue weighted by Gasteiger charge is 2.44. The fourth-order valence-electron chi connectivity index (χ4n) is 8.22. The molecule has 0 bridgehead atoms. The van der Waals surface area contributed by atoms with Crippen molar-refractivity contribution < 1.29 is 14.3 Å². The van der Waals surface area contributed by atoms with E-state index in [0.29, 0.717) is 0 Å². The average Bonchev–Trinajstić information content (AvgIpc) is 3.98. The van der Waals surface area contributed by atoms with Gasteiger partial charge in [0.2, 0.25) is 5.91 Å². The predicted molar refractivity (Wildman–Crippen MR) is 249 cm³/mol. The van der Waals surface area contributed by atoms with E-state index < -0.39 is 0 Å². The van der Waals surface area contributed by atoms with Crippen LogP contribution in [-0.2, 0) is 14.3 Å². The number of ether oxygens (including phenoxy) is 2. The number of nitrogens with one attached hydrogen (secondary N) is 1. The maximum Gasteiger partial charge on any atom is 0.225 e. The topological polar surface area (TPSA) is 50.8 Å². The molecule has 0 aromatic carbocycles. The van der Waals surface area contributed by atoms with Crippen LogP contribution in [0, 0.1) is 17.3 Å². The van der Waals surface area contributed by atoms with E-state index in [1.54, 1.807) is 0 Å². The fraction of sp³-hybridized carbons (Fsp3) is 0.885. The van der Waals surface area contributed by atoms with Crippen LogP contribution in [0.2, 0.25) is 0 Å². The van der Waals surface area contributed by atoms with Gasteiger partial charge in [-0.15, -0.1) is 0 Å². The quantitative estimate of drug-likeness (QED) is 0.0379. The Kier molecular flexibility index (Phi) is 34.9. The van der Waals surface area contributed by atoms with Crippen molar-refractivity contribution in [1.82, 2.24) is 10.2 Å². The van der Waals surface area contributed by atoms with Crippen LogP contribution >= 0.6 is 0 Å². The summed E-state index contributed by atoms with van der Waals surface area (Å²) < 4.78 is 12.5. The molecule has 1 aliphatic rings. The largest absolute Gasteiger partial charge is 0.498 e. The molecule has 0 radical (unpaired) electrons. The third kappa shape index (κ3) is 30.0. The van der Waals surface area contributed by atoms with E-state index in [0.717, 1.165) is 82.4 Å². The summed E-state index contributed by atoms with van der Waals surface area (Å²) in [5, 5.41) is 3.22. The minimum atomic E-state index is -0.0791. The molecule has 57 heavy (non-hydrogen) atoms. The summed E-state index contributed by atoms with van der Waals surface area (Å²) in [5.74, 6) is 4.08. The molecule has 1 saturated carbocycles. The van der Waals surface area contributed by atoms with Gasteiger partial charge in [0, 0.05) is 24.8 Å². The van der Waals surface area contributed by atoms with Gasteiger partial charge in [0.1, 0.15) is 5.76 Å². The number of nitrogens with zero attached hydrogens (tertiary/aromatic N) is 1. The first-order chi connectivity index (χ1) is 27.8. The van der Waals surface area contributed by atoms with E-state index in [1.165, 1.54) is 179 Å². The number of hydrogen-bond acceptors (Lipinski definition) is 4. The molecule has 1 amide bonds. The van der Waals surface area contributed by atoms with Crippen LogP contribution in [0.3, 0.4) is 0 Å². The van der Waals surface area contributed by atoms with Gasteiger partial charge in [-0.05, 0) is 102 Å². The lowest BCUT2D eigenvalue weighted by Crippen LogP contribution is -2.34. The second-order valence-electron chi connectivity index (χ2n) is 18.2. The first kappa shape index (κ1) is 53.3. The molecule has 0 unspecified atom stereocenters. The molecule has 0 heterocycles. The minimum Gasteiger partial charge on any atom is -0.498 e. The number of carbonyl (C=O) groups is 1. The Hall–Kier alpha value is -1.71. The molecule has 1 rings (SSSR count). The van der Waals surface area contributed by atoms with Gasteiger partial charge in [-0.3, -0.25) is 4.79 Å². The predicted octanol–water partition coefficient (Wildman–Crippen LogP) is 15.4. The molecule has 0 saturated heterocycles. The van der Waals surface area contributed by atoms with E-state index in [-0.39, 0.29) is 11.3 Å². The van der Waals surface area contributed by atoms with Crippen molar-refractivity contribution in [3.8, 4) is 0 Å². The molecule has 1 N–H and O–H groups in total. The molecule has 0 spiro atoms. The number of hydrogen-bond donors (Lipinski definition) is 1. The van der Waals surface area contributed by atoms with E-state index in [2.05, 4.69) is 70.1 Å². The maximum absolute atomic E-state index is 12.5. The summed E-state index contributed by atoms with van der Waals surface area (Å²) in [6, 6.07) is 0. The summed E-state index contributed by atoms with van der Waals surface area (Å²) in [7, 11) is 0. The van der Waals surface area contributed by atoms with Gasteiger partial charge in [0.15, 0.2) is 0 Å². The molecule has 1 fully saturated rings. The van der Waals surface area contributed by atoms with Gasteiger partial charge >= 0.3 is 0 Å². The van der Waals surface area contributed by atoms with Crippen LogP contribution in [0.5, 0.6) is 0 Å². The van der Waals surface area contributed by atoms with Gasteiger partial charge < -0.3 is 19.7 Å². The second-order valence-corrected chi connectivity index (χ2v) is 18.2. The van der Waals surface area contributed by atoms with Crippen LogP contribution in [0.15, 0.2) is 29.9 Å². The Bertz CT molecular complexity index is 995. The molecule has 0 aliphatic heterocycles. The van der Waals surface area contributed by atoms with Gasteiger partial charge in [-0.1, -0.05) is 175 Å². The summed E-state index contributed by atoms with van der Waals surface area (Å²) >= 11 is 0. The van der Waals surface area contributed by atoms with E-state index in [4.69, 9.17) is 9.47 Å². The standard InChI is InChI=1S/C52H98N2O3/c1-8-14-24-33-48(34-25-15-9-2)38-46-57-50(13-6)36-27-21-19-23-29-43-54(44-30-41-53-51(55)52(7)39-40-52)42-28-22-18-20-26-35-49(12-5)56-45-37-47(31-16-10-3)32-17-11-4/h12,47-48H,6,8-11,14-46H2,1-5,7H3,(H,53,55)/b49-12+. The van der Waals surface area contributed by atoms with Crippen LogP contribution in [0.25, 0.3) is 0 Å². The molecule has 0 aromatic rings. The van der Waals surface area contributed by atoms with Crippen molar-refractivity contribution in [3.05, 3.63) is 29.9 Å². The average molecular weight is 799 g/mol. The normalized spacial score (nSPS) is 13.7. The van der Waals surface area contributed by atoms with Crippen LogP contribution in [0.4, 0.5) is 0 Å². The fourth-order valence-corrected chi connectivity index (χ4v) is 8.22. The van der Waals surface area contributed by atoms with Crippen molar-refractivity contribution in [3.63, 3.8) is 0 Å². The van der Waals surface area contributed by atoms with Crippen LogP contribution in [-0.4, -0.2) is 50.2 Å². The Balaban J connectivity index is 2.33. The van der Waals surface area contributed by atoms with E-state index in [9.17, 15) is 4.79 Å². The Morgan fingerprint density at radius 1 is 0.632 bits per heavy atom. The van der Waals surface area contributed by atoms with Gasteiger partial charge in [-0.25, -0.2) is 0 Å². The summed E-state index contributed by atoms with van der Waals surface area (Å²) in [6.07, 6.45) is 41.2. The smallest absolute Gasteiger partial charge is 0.225 e. The molecule has 5 nitrogen and oxygen atoms in total. The highest BCUT2D eigenvalue weighted by Crippen LogP contribution is 2.44. The summed E-state index contributed by atoms with van der Waals surface area (Å²) in [5.41, 5.74) is 3.03. The highest BCUT2D eigenvalue weighted by atomic mass is 16.5. The summed E-state index contributed by atoms with van der Waals surface area (Å²) in [6.45, 7) is 23.3. The number of amides is 1. The maximum atomic E-state index is 12.5. The zero-order valence-electron chi connectivity index (χ0n) is 39.3. The molecule has 1 aliphatic carbocycles. The molecule has 5 heteroatoms. The molecule has 0 atom stereocenters.